The summed E-state index contributed by atoms with van der Waals surface area (Å²) in [6.45, 7) is 11.3. The lowest BCUT2D eigenvalue weighted by Crippen LogP contribution is -2.43. The summed E-state index contributed by atoms with van der Waals surface area (Å²) in [7, 11) is 2.14. The number of aryl methyl sites for hydroxylation is 1. The topological polar surface area (TPSA) is 58.4 Å². The van der Waals surface area contributed by atoms with E-state index in [2.05, 4.69) is 43.2 Å². The molecule has 0 saturated carbocycles. The van der Waals surface area contributed by atoms with E-state index in [9.17, 15) is 4.79 Å². The van der Waals surface area contributed by atoms with Crippen molar-refractivity contribution in [1.29, 1.82) is 0 Å². The van der Waals surface area contributed by atoms with Crippen LogP contribution in [0.1, 0.15) is 63.2 Å². The second-order valence-corrected chi connectivity index (χ2v) is 6.51. The quantitative estimate of drug-likeness (QED) is 0.721. The third-order valence-corrected chi connectivity index (χ3v) is 3.93. The molecule has 1 heterocycles. The van der Waals surface area contributed by atoms with Gasteiger partial charge in [0.05, 0.1) is 0 Å². The molecule has 0 fully saturated rings. The summed E-state index contributed by atoms with van der Waals surface area (Å²) in [5, 5.41) is 6.85. The Kier molecular flexibility index (Phi) is 7.59. The fraction of sp³-hybridized carbons (Fsp3) is 0.765. The molecule has 1 aromatic rings. The lowest BCUT2D eigenvalue weighted by molar-refractivity contribution is 0.0904. The standard InChI is InChI=1S/C17H31N3O2/c1-6-9-17(4,13-20(5)10-7-2)12-18-16(21)15-11-14(8-3)22-19-15/h11H,6-10,12-13H2,1-5H3,(H,18,21). The van der Waals surface area contributed by atoms with Gasteiger partial charge in [-0.1, -0.05) is 39.3 Å². The molecule has 0 aliphatic carbocycles. The number of carbonyl (C=O) groups excluding carboxylic acids is 1. The Balaban J connectivity index is 2.60. The Bertz CT molecular complexity index is 459. The number of hydrogen-bond donors (Lipinski definition) is 1. The molecule has 0 radical (unpaired) electrons. The molecule has 1 atom stereocenters. The molecule has 1 amide bonds. The van der Waals surface area contributed by atoms with Crippen LogP contribution in [0.2, 0.25) is 0 Å². The maximum absolute atomic E-state index is 12.2. The van der Waals surface area contributed by atoms with Gasteiger partial charge in [-0.25, -0.2) is 0 Å². The van der Waals surface area contributed by atoms with Crippen LogP contribution in [0.4, 0.5) is 0 Å². The van der Waals surface area contributed by atoms with Crippen molar-refractivity contribution < 1.29 is 9.32 Å². The molecule has 5 nitrogen and oxygen atoms in total. The zero-order chi connectivity index (χ0) is 16.6. The van der Waals surface area contributed by atoms with E-state index in [1.54, 1.807) is 6.07 Å². The molecule has 0 aliphatic heterocycles. The van der Waals surface area contributed by atoms with Crippen molar-refractivity contribution in [3.05, 3.63) is 17.5 Å². The molecule has 0 aromatic carbocycles. The van der Waals surface area contributed by atoms with Crippen LogP contribution in [0, 0.1) is 5.41 Å². The van der Waals surface area contributed by atoms with Crippen LogP contribution in [-0.4, -0.2) is 42.6 Å². The van der Waals surface area contributed by atoms with Crippen LogP contribution in [0.25, 0.3) is 0 Å². The number of nitrogens with one attached hydrogen (secondary N) is 1. The highest BCUT2D eigenvalue weighted by Crippen LogP contribution is 2.23. The molecule has 0 bridgehead atoms. The van der Waals surface area contributed by atoms with Crippen LogP contribution in [-0.2, 0) is 6.42 Å². The molecule has 0 saturated heterocycles. The molecular weight excluding hydrogens is 278 g/mol. The normalized spacial score (nSPS) is 14.1. The number of rotatable bonds is 10. The summed E-state index contributed by atoms with van der Waals surface area (Å²) in [5.74, 6) is 0.591. The van der Waals surface area contributed by atoms with Crippen LogP contribution < -0.4 is 5.32 Å². The van der Waals surface area contributed by atoms with Gasteiger partial charge in [-0.15, -0.1) is 0 Å². The number of carbonyl (C=O) groups is 1. The van der Waals surface area contributed by atoms with Crippen molar-refractivity contribution >= 4 is 5.91 Å². The van der Waals surface area contributed by atoms with Crippen molar-refractivity contribution in [2.24, 2.45) is 5.41 Å². The molecule has 5 heteroatoms. The van der Waals surface area contributed by atoms with E-state index in [-0.39, 0.29) is 11.3 Å². The smallest absolute Gasteiger partial charge is 0.273 e. The lowest BCUT2D eigenvalue weighted by atomic mass is 9.84. The summed E-state index contributed by atoms with van der Waals surface area (Å²) in [5.41, 5.74) is 0.448. The highest BCUT2D eigenvalue weighted by atomic mass is 16.5. The van der Waals surface area contributed by atoms with E-state index in [0.29, 0.717) is 12.2 Å². The van der Waals surface area contributed by atoms with Crippen molar-refractivity contribution in [1.82, 2.24) is 15.4 Å². The van der Waals surface area contributed by atoms with Crippen LogP contribution in [0.15, 0.2) is 10.6 Å². The largest absolute Gasteiger partial charge is 0.361 e. The molecular formula is C17H31N3O2. The molecule has 22 heavy (non-hydrogen) atoms. The number of hydrogen-bond acceptors (Lipinski definition) is 4. The number of nitrogens with zero attached hydrogens (tertiary/aromatic N) is 2. The summed E-state index contributed by atoms with van der Waals surface area (Å²) >= 11 is 0. The van der Waals surface area contributed by atoms with E-state index >= 15 is 0 Å². The molecule has 0 aliphatic rings. The summed E-state index contributed by atoms with van der Waals surface area (Å²) in [6, 6.07) is 1.72. The Hall–Kier alpha value is -1.36. The van der Waals surface area contributed by atoms with E-state index in [0.717, 1.165) is 44.5 Å². The fourth-order valence-corrected chi connectivity index (χ4v) is 2.91. The van der Waals surface area contributed by atoms with E-state index in [1.165, 1.54) is 0 Å². The van der Waals surface area contributed by atoms with Crippen LogP contribution in [0.3, 0.4) is 0 Å². The predicted octanol–water partition coefficient (Wildman–Crippen LogP) is 3.12. The van der Waals surface area contributed by atoms with Gasteiger partial charge in [-0.2, -0.15) is 0 Å². The Labute approximate surface area is 134 Å². The zero-order valence-corrected chi connectivity index (χ0v) is 14.7. The average molecular weight is 309 g/mol. The van der Waals surface area contributed by atoms with E-state index < -0.39 is 0 Å². The molecule has 1 N–H and O–H groups in total. The minimum absolute atomic E-state index is 0.0751. The summed E-state index contributed by atoms with van der Waals surface area (Å²) in [6.07, 6.45) is 4.08. The molecule has 1 rings (SSSR count). The minimum Gasteiger partial charge on any atom is -0.361 e. The van der Waals surface area contributed by atoms with E-state index in [4.69, 9.17) is 4.52 Å². The van der Waals surface area contributed by atoms with Crippen LogP contribution in [0.5, 0.6) is 0 Å². The monoisotopic (exact) mass is 309 g/mol. The maximum Gasteiger partial charge on any atom is 0.273 e. The summed E-state index contributed by atoms with van der Waals surface area (Å²) < 4.78 is 5.09. The number of aromatic nitrogens is 1. The zero-order valence-electron chi connectivity index (χ0n) is 14.7. The van der Waals surface area contributed by atoms with Gasteiger partial charge in [0.2, 0.25) is 0 Å². The van der Waals surface area contributed by atoms with Gasteiger partial charge < -0.3 is 14.7 Å². The highest BCUT2D eigenvalue weighted by molar-refractivity contribution is 5.92. The third-order valence-electron chi connectivity index (χ3n) is 3.93. The van der Waals surface area contributed by atoms with Crippen LogP contribution >= 0.6 is 0 Å². The predicted molar refractivity (Wildman–Crippen MR) is 89.0 cm³/mol. The molecule has 126 valence electrons. The van der Waals surface area contributed by atoms with Gasteiger partial charge >= 0.3 is 0 Å². The van der Waals surface area contributed by atoms with Gasteiger partial charge in [0.15, 0.2) is 5.69 Å². The second kappa shape index (κ2) is 8.93. The Morgan fingerprint density at radius 3 is 2.64 bits per heavy atom. The molecule has 1 aromatic heterocycles. The highest BCUT2D eigenvalue weighted by Gasteiger charge is 2.26. The fourth-order valence-electron chi connectivity index (χ4n) is 2.91. The molecule has 0 spiro atoms. The van der Waals surface area contributed by atoms with Crippen molar-refractivity contribution in [2.45, 2.75) is 53.4 Å². The minimum atomic E-state index is -0.149. The van der Waals surface area contributed by atoms with Crippen molar-refractivity contribution in [2.75, 3.05) is 26.7 Å². The third kappa shape index (κ3) is 5.79. The lowest BCUT2D eigenvalue weighted by Gasteiger charge is -2.34. The first-order valence-electron chi connectivity index (χ1n) is 8.36. The molecule has 1 unspecified atom stereocenters. The van der Waals surface area contributed by atoms with Gasteiger partial charge in [-0.05, 0) is 31.8 Å². The van der Waals surface area contributed by atoms with Crippen molar-refractivity contribution in [3.63, 3.8) is 0 Å². The first kappa shape index (κ1) is 18.7. The Morgan fingerprint density at radius 2 is 2.09 bits per heavy atom. The van der Waals surface area contributed by atoms with Crippen molar-refractivity contribution in [3.8, 4) is 0 Å². The number of amides is 1. The Morgan fingerprint density at radius 1 is 1.36 bits per heavy atom. The van der Waals surface area contributed by atoms with Gasteiger partial charge in [0, 0.05) is 25.6 Å². The van der Waals surface area contributed by atoms with Gasteiger partial charge in [0.25, 0.3) is 5.91 Å². The maximum atomic E-state index is 12.2. The first-order chi connectivity index (χ1) is 10.4. The van der Waals surface area contributed by atoms with Gasteiger partial charge in [0.1, 0.15) is 5.76 Å². The SMILES string of the molecule is CCCN(C)CC(C)(CCC)CNC(=O)c1cc(CC)on1. The second-order valence-electron chi connectivity index (χ2n) is 6.51. The average Bonchev–Trinajstić information content (AvgIpc) is 2.94. The van der Waals surface area contributed by atoms with Gasteiger partial charge in [-0.3, -0.25) is 4.79 Å². The van der Waals surface area contributed by atoms with E-state index in [1.807, 2.05) is 6.92 Å². The first-order valence-corrected chi connectivity index (χ1v) is 8.36. The summed E-state index contributed by atoms with van der Waals surface area (Å²) in [4.78, 5) is 14.5.